The van der Waals surface area contributed by atoms with Crippen LogP contribution in [0.15, 0.2) is 12.2 Å². The Bertz CT molecular complexity index is 217. The van der Waals surface area contributed by atoms with Crippen LogP contribution < -0.4 is 5.73 Å². The van der Waals surface area contributed by atoms with Crippen LogP contribution in [0.5, 0.6) is 0 Å². The maximum absolute atomic E-state index is 5.82. The van der Waals surface area contributed by atoms with Gasteiger partial charge >= 0.3 is 0 Å². The Morgan fingerprint density at radius 1 is 1.50 bits per heavy atom. The number of hydrogen-bond acceptors (Lipinski definition) is 3. The second kappa shape index (κ2) is 4.43. The number of rotatable bonds is 3. The fourth-order valence-corrected chi connectivity index (χ4v) is 2.43. The average molecular weight is 196 g/mol. The molecule has 1 aliphatic carbocycles. The molecular formula is C11H20N2O. The summed E-state index contributed by atoms with van der Waals surface area (Å²) in [5, 5.41) is 0. The molecule has 1 aliphatic heterocycles. The zero-order valence-corrected chi connectivity index (χ0v) is 8.86. The number of nitrogens with zero attached hydrogens (tertiary/aromatic N) is 1. The van der Waals surface area contributed by atoms with Crippen molar-refractivity contribution in [3.63, 3.8) is 0 Å². The highest BCUT2D eigenvalue weighted by Gasteiger charge is 2.25. The molecule has 0 aromatic heterocycles. The minimum atomic E-state index is 0.292. The van der Waals surface area contributed by atoms with Gasteiger partial charge in [-0.2, -0.15) is 0 Å². The third-order valence-electron chi connectivity index (χ3n) is 3.26. The van der Waals surface area contributed by atoms with Gasteiger partial charge in [0.05, 0.1) is 6.10 Å². The van der Waals surface area contributed by atoms with E-state index in [2.05, 4.69) is 17.1 Å². The van der Waals surface area contributed by atoms with Crippen molar-refractivity contribution < 1.29 is 4.74 Å². The lowest BCUT2D eigenvalue weighted by Crippen LogP contribution is -2.28. The van der Waals surface area contributed by atoms with Crippen LogP contribution in [0.1, 0.15) is 12.8 Å². The lowest BCUT2D eigenvalue weighted by atomic mass is 10.1. The number of hydrogen-bond donors (Lipinski definition) is 1. The largest absolute Gasteiger partial charge is 0.380 e. The molecule has 0 aromatic rings. The van der Waals surface area contributed by atoms with Crippen LogP contribution in [0, 0.1) is 5.92 Å². The molecular weight excluding hydrogens is 176 g/mol. The second-order valence-corrected chi connectivity index (χ2v) is 4.45. The van der Waals surface area contributed by atoms with E-state index in [9.17, 15) is 0 Å². The van der Waals surface area contributed by atoms with Crippen LogP contribution >= 0.6 is 0 Å². The first-order valence-electron chi connectivity index (χ1n) is 5.47. The summed E-state index contributed by atoms with van der Waals surface area (Å²) in [5.74, 6) is 0.667. The van der Waals surface area contributed by atoms with Gasteiger partial charge in [-0.3, -0.25) is 0 Å². The first-order chi connectivity index (χ1) is 6.78. The zero-order chi connectivity index (χ0) is 9.97. The third-order valence-corrected chi connectivity index (χ3v) is 3.26. The van der Waals surface area contributed by atoms with Crippen LogP contribution in [0.25, 0.3) is 0 Å². The Kier molecular flexibility index (Phi) is 3.21. The Morgan fingerprint density at radius 3 is 2.93 bits per heavy atom. The van der Waals surface area contributed by atoms with Crippen LogP contribution in [-0.4, -0.2) is 43.8 Å². The summed E-state index contributed by atoms with van der Waals surface area (Å²) in [4.78, 5) is 2.49. The Morgan fingerprint density at radius 2 is 2.36 bits per heavy atom. The SMILES string of the molecule is COC1CCN(CC2C=CC(N)C2)C1. The minimum absolute atomic E-state index is 0.292. The maximum Gasteiger partial charge on any atom is 0.0710 e. The fourth-order valence-electron chi connectivity index (χ4n) is 2.43. The summed E-state index contributed by atoms with van der Waals surface area (Å²) in [6.45, 7) is 3.43. The molecule has 0 saturated carbocycles. The predicted molar refractivity (Wildman–Crippen MR) is 57.1 cm³/mol. The van der Waals surface area contributed by atoms with E-state index in [1.807, 2.05) is 0 Å². The molecule has 3 atom stereocenters. The van der Waals surface area contributed by atoms with Gasteiger partial charge in [0.15, 0.2) is 0 Å². The normalized spacial score (nSPS) is 38.3. The molecule has 0 radical (unpaired) electrons. The van der Waals surface area contributed by atoms with Gasteiger partial charge in [-0.1, -0.05) is 12.2 Å². The van der Waals surface area contributed by atoms with Crippen molar-refractivity contribution in [2.45, 2.75) is 25.0 Å². The number of nitrogens with two attached hydrogens (primary N) is 1. The summed E-state index contributed by atoms with van der Waals surface area (Å²) in [7, 11) is 1.81. The van der Waals surface area contributed by atoms with Crippen molar-refractivity contribution in [1.82, 2.24) is 4.90 Å². The number of likely N-dealkylation sites (tertiary alicyclic amines) is 1. The number of ether oxygens (including phenoxy) is 1. The van der Waals surface area contributed by atoms with Crippen LogP contribution in [0.3, 0.4) is 0 Å². The van der Waals surface area contributed by atoms with Crippen molar-refractivity contribution in [2.24, 2.45) is 11.7 Å². The van der Waals surface area contributed by atoms with E-state index in [4.69, 9.17) is 10.5 Å². The van der Waals surface area contributed by atoms with Gasteiger partial charge in [0.25, 0.3) is 0 Å². The van der Waals surface area contributed by atoms with E-state index >= 15 is 0 Å². The summed E-state index contributed by atoms with van der Waals surface area (Å²) < 4.78 is 5.34. The molecule has 2 aliphatic rings. The van der Waals surface area contributed by atoms with Crippen molar-refractivity contribution in [3.8, 4) is 0 Å². The first-order valence-corrected chi connectivity index (χ1v) is 5.47. The van der Waals surface area contributed by atoms with Gasteiger partial charge in [0.2, 0.25) is 0 Å². The standard InChI is InChI=1S/C11H20N2O/c1-14-11-4-5-13(8-11)7-9-2-3-10(12)6-9/h2-3,9-11H,4-8,12H2,1H3. The van der Waals surface area contributed by atoms with Crippen molar-refractivity contribution in [3.05, 3.63) is 12.2 Å². The summed E-state index contributed by atoms with van der Waals surface area (Å²) >= 11 is 0. The molecule has 2 rings (SSSR count). The highest BCUT2D eigenvalue weighted by atomic mass is 16.5. The summed E-state index contributed by atoms with van der Waals surface area (Å²) in [6, 6.07) is 0.292. The number of methoxy groups -OCH3 is 1. The summed E-state index contributed by atoms with van der Waals surface area (Å²) in [6.07, 6.45) is 7.15. The average Bonchev–Trinajstić information content (AvgIpc) is 2.76. The molecule has 3 heteroatoms. The van der Waals surface area contributed by atoms with Crippen molar-refractivity contribution >= 4 is 0 Å². The van der Waals surface area contributed by atoms with Gasteiger partial charge in [-0.15, -0.1) is 0 Å². The molecule has 80 valence electrons. The van der Waals surface area contributed by atoms with E-state index in [0.717, 1.165) is 19.5 Å². The lowest BCUT2D eigenvalue weighted by Gasteiger charge is -2.19. The molecule has 0 amide bonds. The molecule has 1 fully saturated rings. The predicted octanol–water partition coefficient (Wildman–Crippen LogP) is 0.611. The van der Waals surface area contributed by atoms with E-state index in [1.165, 1.54) is 13.0 Å². The lowest BCUT2D eigenvalue weighted by molar-refractivity contribution is 0.106. The van der Waals surface area contributed by atoms with E-state index < -0.39 is 0 Å². The quantitative estimate of drug-likeness (QED) is 0.672. The topological polar surface area (TPSA) is 38.5 Å². The fraction of sp³-hybridized carbons (Fsp3) is 0.818. The molecule has 2 N–H and O–H groups in total. The van der Waals surface area contributed by atoms with Gasteiger partial charge in [0, 0.05) is 32.8 Å². The monoisotopic (exact) mass is 196 g/mol. The molecule has 0 bridgehead atoms. The minimum Gasteiger partial charge on any atom is -0.380 e. The molecule has 1 heterocycles. The highest BCUT2D eigenvalue weighted by molar-refractivity contribution is 5.05. The Labute approximate surface area is 85.9 Å². The molecule has 3 unspecified atom stereocenters. The molecule has 1 saturated heterocycles. The molecule has 0 spiro atoms. The smallest absolute Gasteiger partial charge is 0.0710 e. The highest BCUT2D eigenvalue weighted by Crippen LogP contribution is 2.20. The van der Waals surface area contributed by atoms with Gasteiger partial charge in [-0.05, 0) is 18.8 Å². The molecule has 0 aromatic carbocycles. The third kappa shape index (κ3) is 2.35. The summed E-state index contributed by atoms with van der Waals surface area (Å²) in [5.41, 5.74) is 5.82. The van der Waals surface area contributed by atoms with Crippen LogP contribution in [0.4, 0.5) is 0 Å². The van der Waals surface area contributed by atoms with Gasteiger partial charge in [0.1, 0.15) is 0 Å². The van der Waals surface area contributed by atoms with Crippen molar-refractivity contribution in [1.29, 1.82) is 0 Å². The van der Waals surface area contributed by atoms with E-state index in [0.29, 0.717) is 18.1 Å². The Hall–Kier alpha value is -0.380. The van der Waals surface area contributed by atoms with E-state index in [1.54, 1.807) is 7.11 Å². The van der Waals surface area contributed by atoms with Crippen molar-refractivity contribution in [2.75, 3.05) is 26.7 Å². The van der Waals surface area contributed by atoms with Gasteiger partial charge < -0.3 is 15.4 Å². The van der Waals surface area contributed by atoms with E-state index in [-0.39, 0.29) is 0 Å². The second-order valence-electron chi connectivity index (χ2n) is 4.45. The van der Waals surface area contributed by atoms with Crippen LogP contribution in [0.2, 0.25) is 0 Å². The first kappa shape index (κ1) is 10.1. The Balaban J connectivity index is 1.74. The van der Waals surface area contributed by atoms with Gasteiger partial charge in [-0.25, -0.2) is 0 Å². The maximum atomic E-state index is 5.82. The van der Waals surface area contributed by atoms with Crippen LogP contribution in [-0.2, 0) is 4.74 Å². The molecule has 14 heavy (non-hydrogen) atoms. The molecule has 3 nitrogen and oxygen atoms in total. The zero-order valence-electron chi connectivity index (χ0n) is 8.86.